The first-order valence-electron chi connectivity index (χ1n) is 5.40. The van der Waals surface area contributed by atoms with Gasteiger partial charge in [0.25, 0.3) is 0 Å². The van der Waals surface area contributed by atoms with Crippen molar-refractivity contribution in [2.45, 2.75) is 18.2 Å². The predicted octanol–water partition coefficient (Wildman–Crippen LogP) is 5.88. The van der Waals surface area contributed by atoms with Gasteiger partial charge < -0.3 is 4.42 Å². The molecule has 2 rings (SSSR count). The molecule has 1 aromatic heterocycles. The molecule has 0 N–H and O–H groups in total. The van der Waals surface area contributed by atoms with Crippen molar-refractivity contribution in [3.8, 4) is 0 Å². The second-order valence-electron chi connectivity index (χ2n) is 3.81. The Morgan fingerprint density at radius 3 is 2.72 bits per heavy atom. The molecule has 0 aliphatic carbocycles. The number of rotatable bonds is 3. The number of aryl methyl sites for hydroxylation is 1. The first-order chi connectivity index (χ1) is 8.52. The molecule has 1 aromatic carbocycles. The van der Waals surface area contributed by atoms with E-state index in [4.69, 9.17) is 16.0 Å². The summed E-state index contributed by atoms with van der Waals surface area (Å²) < 4.78 is 20.0. The minimum atomic E-state index is -0.344. The Bertz CT molecular complexity index is 568. The van der Waals surface area contributed by atoms with Gasteiger partial charge in [-0.05, 0) is 40.2 Å². The molecule has 18 heavy (non-hydrogen) atoms. The number of alkyl halides is 1. The van der Waals surface area contributed by atoms with Gasteiger partial charge in [0.1, 0.15) is 22.2 Å². The van der Waals surface area contributed by atoms with Crippen molar-refractivity contribution in [3.63, 3.8) is 0 Å². The van der Waals surface area contributed by atoms with Crippen LogP contribution in [0.2, 0.25) is 5.02 Å². The number of benzene rings is 1. The first-order valence-corrected chi connectivity index (χ1v) is 7.48. The third-order valence-corrected chi connectivity index (χ3v) is 4.73. The van der Waals surface area contributed by atoms with Gasteiger partial charge in [-0.3, -0.25) is 0 Å². The Balaban J connectivity index is 2.39. The third-order valence-electron chi connectivity index (χ3n) is 2.59. The molecule has 0 saturated carbocycles. The topological polar surface area (TPSA) is 13.1 Å². The molecule has 0 aliphatic rings. The minimum absolute atomic E-state index is 0.331. The van der Waals surface area contributed by atoms with E-state index in [9.17, 15) is 4.39 Å². The van der Waals surface area contributed by atoms with Crippen molar-refractivity contribution in [1.82, 2.24) is 0 Å². The highest BCUT2D eigenvalue weighted by Crippen LogP contribution is 2.37. The monoisotopic (exact) mass is 394 g/mol. The van der Waals surface area contributed by atoms with Crippen molar-refractivity contribution >= 4 is 43.5 Å². The average Bonchev–Trinajstić information content (AvgIpc) is 2.81. The van der Waals surface area contributed by atoms with Crippen molar-refractivity contribution in [1.29, 1.82) is 0 Å². The largest absolute Gasteiger partial charge is 0.465 e. The molecule has 96 valence electrons. The zero-order valence-electron chi connectivity index (χ0n) is 9.51. The highest BCUT2D eigenvalue weighted by atomic mass is 79.9. The second kappa shape index (κ2) is 5.76. The van der Waals surface area contributed by atoms with Gasteiger partial charge in [-0.25, -0.2) is 4.39 Å². The standard InChI is InChI=1S/C13H10Br2ClFO/c1-2-7-3-4-12(18-7)13(15)8-5-10(16)9(14)6-11(8)17/h3-6,13H,2H2,1H3. The molecule has 1 nitrogen and oxygen atoms in total. The molecule has 0 fully saturated rings. The Morgan fingerprint density at radius 2 is 2.11 bits per heavy atom. The predicted molar refractivity (Wildman–Crippen MR) is 78.0 cm³/mol. The smallest absolute Gasteiger partial charge is 0.129 e. The van der Waals surface area contributed by atoms with Gasteiger partial charge in [0.2, 0.25) is 0 Å². The van der Waals surface area contributed by atoms with E-state index in [0.717, 1.165) is 12.2 Å². The fourth-order valence-electron chi connectivity index (χ4n) is 1.61. The Labute approximate surface area is 127 Å². The van der Waals surface area contributed by atoms with Gasteiger partial charge >= 0.3 is 0 Å². The van der Waals surface area contributed by atoms with Gasteiger partial charge in [-0.2, -0.15) is 0 Å². The maximum absolute atomic E-state index is 13.9. The van der Waals surface area contributed by atoms with Crippen LogP contribution in [0.15, 0.2) is 33.2 Å². The molecule has 5 heteroatoms. The average molecular weight is 396 g/mol. The summed E-state index contributed by atoms with van der Waals surface area (Å²) in [5.74, 6) is 1.21. The lowest BCUT2D eigenvalue weighted by atomic mass is 10.1. The highest BCUT2D eigenvalue weighted by molar-refractivity contribution is 9.10. The molecule has 0 spiro atoms. The quantitative estimate of drug-likeness (QED) is 0.466. The number of hydrogen-bond acceptors (Lipinski definition) is 1. The fourth-order valence-corrected chi connectivity index (χ4v) is 2.69. The van der Waals surface area contributed by atoms with Crippen LogP contribution in [0, 0.1) is 5.82 Å². The van der Waals surface area contributed by atoms with E-state index in [2.05, 4.69) is 31.9 Å². The van der Waals surface area contributed by atoms with Crippen LogP contribution in [-0.4, -0.2) is 0 Å². The molecule has 1 unspecified atom stereocenters. The zero-order valence-corrected chi connectivity index (χ0v) is 13.4. The van der Waals surface area contributed by atoms with Crippen LogP contribution in [0.5, 0.6) is 0 Å². The fraction of sp³-hybridized carbons (Fsp3) is 0.231. The van der Waals surface area contributed by atoms with Gasteiger partial charge in [0.05, 0.1) is 5.02 Å². The van der Waals surface area contributed by atoms with Gasteiger partial charge in [0, 0.05) is 16.5 Å². The van der Waals surface area contributed by atoms with Gasteiger partial charge in [0.15, 0.2) is 0 Å². The summed E-state index contributed by atoms with van der Waals surface area (Å²) in [6, 6.07) is 6.68. The molecule has 1 atom stereocenters. The van der Waals surface area contributed by atoms with Crippen LogP contribution in [0.4, 0.5) is 4.39 Å². The summed E-state index contributed by atoms with van der Waals surface area (Å²) >= 11 is 12.6. The molecular formula is C13H10Br2ClFO. The molecule has 0 aliphatic heterocycles. The van der Waals surface area contributed by atoms with E-state index in [-0.39, 0.29) is 10.6 Å². The van der Waals surface area contributed by atoms with Crippen LogP contribution in [-0.2, 0) is 6.42 Å². The Hall–Kier alpha value is -0.320. The lowest BCUT2D eigenvalue weighted by Gasteiger charge is -2.10. The third kappa shape index (κ3) is 2.81. The summed E-state index contributed by atoms with van der Waals surface area (Å²) in [7, 11) is 0. The lowest BCUT2D eigenvalue weighted by molar-refractivity contribution is 0.473. The number of hydrogen-bond donors (Lipinski definition) is 0. The maximum Gasteiger partial charge on any atom is 0.129 e. The van der Waals surface area contributed by atoms with Crippen LogP contribution in [0.25, 0.3) is 0 Å². The van der Waals surface area contributed by atoms with Crippen molar-refractivity contribution in [2.24, 2.45) is 0 Å². The molecule has 0 bridgehead atoms. The van der Waals surface area contributed by atoms with Crippen molar-refractivity contribution < 1.29 is 8.81 Å². The maximum atomic E-state index is 13.9. The minimum Gasteiger partial charge on any atom is -0.465 e. The van der Waals surface area contributed by atoms with E-state index in [1.807, 2.05) is 19.1 Å². The van der Waals surface area contributed by atoms with Crippen molar-refractivity contribution in [3.05, 3.63) is 56.7 Å². The summed E-state index contributed by atoms with van der Waals surface area (Å²) in [4.78, 5) is -0.344. The molecule has 0 amide bonds. The lowest BCUT2D eigenvalue weighted by Crippen LogP contribution is -1.96. The van der Waals surface area contributed by atoms with E-state index in [0.29, 0.717) is 20.8 Å². The normalized spacial score (nSPS) is 12.7. The summed E-state index contributed by atoms with van der Waals surface area (Å²) in [5.41, 5.74) is 0.459. The molecule has 2 aromatic rings. The van der Waals surface area contributed by atoms with Crippen LogP contribution < -0.4 is 0 Å². The summed E-state index contributed by atoms with van der Waals surface area (Å²) in [6.07, 6.45) is 0.809. The van der Waals surface area contributed by atoms with Gasteiger partial charge in [-0.15, -0.1) is 0 Å². The van der Waals surface area contributed by atoms with E-state index >= 15 is 0 Å². The van der Waals surface area contributed by atoms with E-state index < -0.39 is 0 Å². The van der Waals surface area contributed by atoms with Crippen LogP contribution in [0.3, 0.4) is 0 Å². The number of halogens is 4. The van der Waals surface area contributed by atoms with Crippen molar-refractivity contribution in [2.75, 3.05) is 0 Å². The Morgan fingerprint density at radius 1 is 1.39 bits per heavy atom. The summed E-state index contributed by atoms with van der Waals surface area (Å²) in [5, 5.41) is 0.470. The molecule has 0 radical (unpaired) electrons. The van der Waals surface area contributed by atoms with E-state index in [1.165, 1.54) is 6.07 Å². The summed E-state index contributed by atoms with van der Waals surface area (Å²) in [6.45, 7) is 2.00. The molecule has 0 saturated heterocycles. The van der Waals surface area contributed by atoms with Crippen LogP contribution >= 0.6 is 43.5 Å². The zero-order chi connectivity index (χ0) is 13.3. The van der Waals surface area contributed by atoms with Gasteiger partial charge in [-0.1, -0.05) is 34.5 Å². The van der Waals surface area contributed by atoms with E-state index in [1.54, 1.807) is 6.07 Å². The first kappa shape index (κ1) is 14.1. The highest BCUT2D eigenvalue weighted by Gasteiger charge is 2.19. The Kier molecular flexibility index (Phi) is 4.51. The second-order valence-corrected chi connectivity index (χ2v) is 5.99. The van der Waals surface area contributed by atoms with Crippen LogP contribution in [0.1, 0.15) is 28.8 Å². The SMILES string of the molecule is CCc1ccc(C(Br)c2cc(Cl)c(Br)cc2F)o1. The molecular weight excluding hydrogens is 386 g/mol. The molecule has 1 heterocycles. The number of furan rings is 1.